The summed E-state index contributed by atoms with van der Waals surface area (Å²) >= 11 is 4.81. The van der Waals surface area contributed by atoms with Gasteiger partial charge >= 0.3 is 5.97 Å². The Bertz CT molecular complexity index is 143. The maximum atomic E-state index is 10.5. The molecule has 70 valence electrons. The third kappa shape index (κ3) is 7.61. The summed E-state index contributed by atoms with van der Waals surface area (Å²) in [7, 11) is 0. The number of allylic oxidation sites excluding steroid dienone is 1. The molecular weight excluding hydrogens is 176 g/mol. The molecule has 0 aliphatic carbocycles. The summed E-state index contributed by atoms with van der Waals surface area (Å²) < 4.78 is 3.92. The van der Waals surface area contributed by atoms with Crippen LogP contribution in [0.15, 0.2) is 12.2 Å². The summed E-state index contributed by atoms with van der Waals surface area (Å²) in [5.74, 6) is -0.493. The van der Waals surface area contributed by atoms with Crippen LogP contribution in [0, 0.1) is 0 Å². The van der Waals surface area contributed by atoms with Gasteiger partial charge in [-0.25, -0.2) is 4.79 Å². The molecular formula is C9H15ClO2. The summed E-state index contributed by atoms with van der Waals surface area (Å²) in [6.07, 6.45) is 8.91. The second-order valence-corrected chi connectivity index (χ2v) is 2.80. The highest BCUT2D eigenvalue weighted by molar-refractivity contribution is 6.14. The zero-order chi connectivity index (χ0) is 9.23. The maximum absolute atomic E-state index is 10.5. The molecule has 0 aliphatic heterocycles. The topological polar surface area (TPSA) is 26.3 Å². The molecule has 2 nitrogen and oxygen atoms in total. The smallest absolute Gasteiger partial charge is 0.344 e. The van der Waals surface area contributed by atoms with Crippen LogP contribution in [0.5, 0.6) is 0 Å². The van der Waals surface area contributed by atoms with Crippen LogP contribution in [0.2, 0.25) is 0 Å². The van der Waals surface area contributed by atoms with Gasteiger partial charge < -0.3 is 4.29 Å². The van der Waals surface area contributed by atoms with E-state index < -0.39 is 5.97 Å². The third-order valence-corrected chi connectivity index (χ3v) is 1.71. The molecule has 0 amide bonds. The average Bonchev–Trinajstić information content (AvgIpc) is 2.10. The standard InChI is InChI=1S/C9H15ClO2/c1-2-3-4-5-6-7-8-9(11)12-10/h7-8H,2-6H2,1H3/b8-7+. The van der Waals surface area contributed by atoms with E-state index in [0.717, 1.165) is 12.8 Å². The molecule has 0 N–H and O–H groups in total. The Kier molecular flexibility index (Phi) is 8.24. The number of hydrogen-bond donors (Lipinski definition) is 0. The van der Waals surface area contributed by atoms with Crippen LogP contribution >= 0.6 is 11.9 Å². The van der Waals surface area contributed by atoms with E-state index in [1.165, 1.54) is 25.3 Å². The fourth-order valence-electron chi connectivity index (χ4n) is 0.894. The van der Waals surface area contributed by atoms with Crippen molar-refractivity contribution in [3.63, 3.8) is 0 Å². The van der Waals surface area contributed by atoms with Crippen molar-refractivity contribution in [2.45, 2.75) is 39.0 Å². The molecule has 0 atom stereocenters. The minimum Gasteiger partial charge on any atom is -0.344 e. The van der Waals surface area contributed by atoms with Gasteiger partial charge in [-0.15, -0.1) is 0 Å². The van der Waals surface area contributed by atoms with Crippen LogP contribution in [0.3, 0.4) is 0 Å². The molecule has 0 aliphatic rings. The van der Waals surface area contributed by atoms with Gasteiger partial charge in [-0.1, -0.05) is 32.3 Å². The Morgan fingerprint density at radius 2 is 2.17 bits per heavy atom. The molecule has 0 aromatic rings. The Labute approximate surface area is 78.7 Å². The van der Waals surface area contributed by atoms with E-state index in [1.54, 1.807) is 6.08 Å². The van der Waals surface area contributed by atoms with Crippen LogP contribution in [-0.2, 0) is 9.08 Å². The summed E-state index contributed by atoms with van der Waals surface area (Å²) in [5.41, 5.74) is 0. The first kappa shape index (κ1) is 11.5. The molecule has 0 bridgehead atoms. The lowest BCUT2D eigenvalue weighted by molar-refractivity contribution is -0.128. The van der Waals surface area contributed by atoms with Crippen molar-refractivity contribution < 1.29 is 9.08 Å². The van der Waals surface area contributed by atoms with E-state index in [0.29, 0.717) is 0 Å². The second-order valence-electron chi connectivity index (χ2n) is 2.65. The van der Waals surface area contributed by atoms with Crippen LogP contribution in [0.1, 0.15) is 39.0 Å². The fraction of sp³-hybridized carbons (Fsp3) is 0.667. The summed E-state index contributed by atoms with van der Waals surface area (Å²) in [5, 5.41) is 0. The van der Waals surface area contributed by atoms with Crippen LogP contribution < -0.4 is 0 Å². The predicted octanol–water partition coefficient (Wildman–Crippen LogP) is 3.21. The zero-order valence-corrected chi connectivity index (χ0v) is 8.14. The summed E-state index contributed by atoms with van der Waals surface area (Å²) in [6.45, 7) is 2.17. The van der Waals surface area contributed by atoms with Gasteiger partial charge in [0.2, 0.25) is 0 Å². The van der Waals surface area contributed by atoms with E-state index in [4.69, 9.17) is 11.9 Å². The summed E-state index contributed by atoms with van der Waals surface area (Å²) in [4.78, 5) is 10.5. The zero-order valence-electron chi connectivity index (χ0n) is 7.38. The molecule has 0 saturated carbocycles. The number of halogens is 1. The number of carbonyl (C=O) groups excluding carboxylic acids is 1. The molecule has 0 saturated heterocycles. The van der Waals surface area contributed by atoms with Gasteiger partial charge in [0, 0.05) is 6.08 Å². The van der Waals surface area contributed by atoms with Crippen LogP contribution in [-0.4, -0.2) is 5.97 Å². The van der Waals surface area contributed by atoms with Crippen molar-refractivity contribution in [1.82, 2.24) is 0 Å². The van der Waals surface area contributed by atoms with Crippen molar-refractivity contribution in [3.05, 3.63) is 12.2 Å². The first-order valence-electron chi connectivity index (χ1n) is 4.30. The fourth-order valence-corrected chi connectivity index (χ4v) is 0.946. The van der Waals surface area contributed by atoms with Gasteiger partial charge in [0.1, 0.15) is 11.9 Å². The SMILES string of the molecule is CCCCCC/C=C/C(=O)OCl. The van der Waals surface area contributed by atoms with E-state index in [2.05, 4.69) is 11.2 Å². The first-order valence-corrected chi connectivity index (χ1v) is 4.61. The number of unbranched alkanes of at least 4 members (excludes halogenated alkanes) is 4. The lowest BCUT2D eigenvalue weighted by Crippen LogP contribution is -1.88. The van der Waals surface area contributed by atoms with Crippen molar-refractivity contribution in [3.8, 4) is 0 Å². The molecule has 0 aromatic heterocycles. The van der Waals surface area contributed by atoms with Crippen molar-refractivity contribution in [2.75, 3.05) is 0 Å². The van der Waals surface area contributed by atoms with E-state index >= 15 is 0 Å². The van der Waals surface area contributed by atoms with Crippen molar-refractivity contribution >= 4 is 17.8 Å². The minimum atomic E-state index is -0.493. The van der Waals surface area contributed by atoms with Crippen LogP contribution in [0.4, 0.5) is 0 Å². The minimum absolute atomic E-state index is 0.493. The van der Waals surface area contributed by atoms with Crippen molar-refractivity contribution in [2.24, 2.45) is 0 Å². The van der Waals surface area contributed by atoms with E-state index in [9.17, 15) is 4.79 Å². The highest BCUT2D eigenvalue weighted by Gasteiger charge is 1.91. The van der Waals surface area contributed by atoms with Gasteiger partial charge in [-0.3, -0.25) is 0 Å². The maximum Gasteiger partial charge on any atom is 0.348 e. The normalized spacial score (nSPS) is 10.5. The van der Waals surface area contributed by atoms with E-state index in [1.807, 2.05) is 0 Å². The summed E-state index contributed by atoms with van der Waals surface area (Å²) in [6, 6.07) is 0. The Balaban J connectivity index is 3.18. The molecule has 0 aromatic carbocycles. The molecule has 12 heavy (non-hydrogen) atoms. The van der Waals surface area contributed by atoms with Gasteiger partial charge in [0.05, 0.1) is 0 Å². The van der Waals surface area contributed by atoms with Gasteiger partial charge in [-0.05, 0) is 12.8 Å². The number of rotatable bonds is 6. The quantitative estimate of drug-likeness (QED) is 0.475. The van der Waals surface area contributed by atoms with Gasteiger partial charge in [-0.2, -0.15) is 0 Å². The van der Waals surface area contributed by atoms with Crippen molar-refractivity contribution in [1.29, 1.82) is 0 Å². The largest absolute Gasteiger partial charge is 0.348 e. The molecule has 0 radical (unpaired) electrons. The Hall–Kier alpha value is -0.500. The highest BCUT2D eigenvalue weighted by Crippen LogP contribution is 2.02. The van der Waals surface area contributed by atoms with Crippen LogP contribution in [0.25, 0.3) is 0 Å². The monoisotopic (exact) mass is 190 g/mol. The number of carbonyl (C=O) groups is 1. The first-order chi connectivity index (χ1) is 5.81. The highest BCUT2D eigenvalue weighted by atomic mass is 35.5. The molecule has 0 unspecified atom stereocenters. The molecule has 3 heteroatoms. The van der Waals surface area contributed by atoms with Gasteiger partial charge in [0.15, 0.2) is 0 Å². The van der Waals surface area contributed by atoms with Gasteiger partial charge in [0.25, 0.3) is 0 Å². The average molecular weight is 191 g/mol. The van der Waals surface area contributed by atoms with E-state index in [-0.39, 0.29) is 0 Å². The molecule has 0 fully saturated rings. The third-order valence-electron chi connectivity index (χ3n) is 1.55. The lowest BCUT2D eigenvalue weighted by Gasteiger charge is -1.93. The Morgan fingerprint density at radius 3 is 2.75 bits per heavy atom. The predicted molar refractivity (Wildman–Crippen MR) is 49.8 cm³/mol. The second kappa shape index (κ2) is 8.60. The molecule has 0 rings (SSSR count). The Morgan fingerprint density at radius 1 is 1.42 bits per heavy atom. The molecule has 0 heterocycles. The number of hydrogen-bond acceptors (Lipinski definition) is 2. The molecule has 0 spiro atoms. The lowest BCUT2D eigenvalue weighted by atomic mass is 10.1.